The molecule has 0 radical (unpaired) electrons. The summed E-state index contributed by atoms with van der Waals surface area (Å²) in [6.45, 7) is 1.48. The number of imide groups is 1. The minimum atomic E-state index is -4.86. The Morgan fingerprint density at radius 3 is 2.36 bits per heavy atom. The van der Waals surface area contributed by atoms with Crippen LogP contribution in [0.2, 0.25) is 0 Å². The monoisotopic (exact) mass is 487 g/mol. The van der Waals surface area contributed by atoms with Gasteiger partial charge in [0.15, 0.2) is 0 Å². The molecule has 1 aliphatic heterocycles. The maximum absolute atomic E-state index is 12.9. The van der Waals surface area contributed by atoms with Gasteiger partial charge in [0.2, 0.25) is 0 Å². The molecule has 0 spiro atoms. The number of carbonyl (C=O) groups is 2. The molecule has 0 bridgehead atoms. The highest BCUT2D eigenvalue weighted by Crippen LogP contribution is 2.30. The van der Waals surface area contributed by atoms with Crippen LogP contribution in [0.1, 0.15) is 12.5 Å². The molecule has 1 aromatic carbocycles. The van der Waals surface area contributed by atoms with Crippen LogP contribution in [-0.2, 0) is 21.5 Å². The molecule has 3 rings (SSSR count). The molecule has 10 nitrogen and oxygen atoms in total. The predicted octanol–water partition coefficient (Wildman–Crippen LogP) is 2.56. The van der Waals surface area contributed by atoms with Crippen molar-refractivity contribution in [1.29, 1.82) is 0 Å². The van der Waals surface area contributed by atoms with E-state index >= 15 is 0 Å². The third kappa shape index (κ3) is 5.51. The van der Waals surface area contributed by atoms with E-state index in [1.807, 2.05) is 0 Å². The first-order valence-electron chi connectivity index (χ1n) is 9.44. The Labute approximate surface area is 187 Å². The maximum atomic E-state index is 12.9. The van der Waals surface area contributed by atoms with Crippen molar-refractivity contribution in [3.63, 3.8) is 0 Å². The van der Waals surface area contributed by atoms with Crippen LogP contribution >= 0.6 is 0 Å². The standard InChI is InChI=1S/C19H20F3N5O5S/c1-12-17(28)27(14-4-6-15(7-5-14)32-19(20,21)22)18(29)26(12)11-13-8-9-23-16(10-13)24-33(30,31)25(2)3/h4-10,12H,11H2,1-3H3,(H,23,24). The summed E-state index contributed by atoms with van der Waals surface area (Å²) in [7, 11) is -1.10. The molecule has 3 amide bonds. The van der Waals surface area contributed by atoms with Gasteiger partial charge in [0.1, 0.15) is 17.6 Å². The number of hydrogen-bond acceptors (Lipinski definition) is 6. The Kier molecular flexibility index (Phi) is 6.51. The lowest BCUT2D eigenvalue weighted by Crippen LogP contribution is -2.33. The minimum Gasteiger partial charge on any atom is -0.406 e. The number of nitrogens with one attached hydrogen (secondary N) is 1. The van der Waals surface area contributed by atoms with Gasteiger partial charge in [0, 0.05) is 26.8 Å². The van der Waals surface area contributed by atoms with E-state index in [0.29, 0.717) is 5.56 Å². The number of aromatic nitrogens is 1. The summed E-state index contributed by atoms with van der Waals surface area (Å²) in [4.78, 5) is 31.7. The predicted molar refractivity (Wildman–Crippen MR) is 111 cm³/mol. The van der Waals surface area contributed by atoms with Crippen molar-refractivity contribution in [2.75, 3.05) is 23.7 Å². The molecule has 1 N–H and O–H groups in total. The summed E-state index contributed by atoms with van der Waals surface area (Å²) < 4.78 is 68.1. The number of anilines is 2. The summed E-state index contributed by atoms with van der Waals surface area (Å²) in [6, 6.07) is 5.80. The fourth-order valence-electron chi connectivity index (χ4n) is 3.00. The van der Waals surface area contributed by atoms with E-state index < -0.39 is 40.3 Å². The normalized spacial score (nSPS) is 17.1. The van der Waals surface area contributed by atoms with E-state index in [0.717, 1.165) is 21.3 Å². The SMILES string of the molecule is CC1C(=O)N(c2ccc(OC(F)(F)F)cc2)C(=O)N1Cc1ccnc(NS(=O)(=O)N(C)C)c1. The van der Waals surface area contributed by atoms with E-state index in [2.05, 4.69) is 14.4 Å². The number of carbonyl (C=O) groups excluding carboxylic acids is 2. The topological polar surface area (TPSA) is 112 Å². The molecule has 2 aromatic rings. The van der Waals surface area contributed by atoms with Crippen molar-refractivity contribution in [2.45, 2.75) is 25.9 Å². The van der Waals surface area contributed by atoms with Crippen molar-refractivity contribution in [1.82, 2.24) is 14.2 Å². The molecule has 1 unspecified atom stereocenters. The first-order chi connectivity index (χ1) is 15.3. The molecule has 2 heterocycles. The molecule has 1 aliphatic rings. The second kappa shape index (κ2) is 8.86. The fraction of sp³-hybridized carbons (Fsp3) is 0.316. The van der Waals surface area contributed by atoms with Crippen LogP contribution in [0.3, 0.4) is 0 Å². The van der Waals surface area contributed by atoms with Crippen LogP contribution in [0.5, 0.6) is 5.75 Å². The van der Waals surface area contributed by atoms with Crippen molar-refractivity contribution < 1.29 is 35.9 Å². The van der Waals surface area contributed by atoms with Crippen LogP contribution in [0.25, 0.3) is 0 Å². The molecule has 0 saturated carbocycles. The van der Waals surface area contributed by atoms with Crippen molar-refractivity contribution in [3.05, 3.63) is 48.2 Å². The van der Waals surface area contributed by atoms with Gasteiger partial charge in [-0.2, -0.15) is 12.7 Å². The summed E-state index contributed by atoms with van der Waals surface area (Å²) in [6.07, 6.45) is -3.51. The van der Waals surface area contributed by atoms with Gasteiger partial charge in [-0.15, -0.1) is 13.2 Å². The number of halogens is 3. The van der Waals surface area contributed by atoms with Crippen LogP contribution in [0.15, 0.2) is 42.6 Å². The lowest BCUT2D eigenvalue weighted by molar-refractivity contribution is -0.274. The van der Waals surface area contributed by atoms with Crippen LogP contribution in [-0.4, -0.2) is 61.0 Å². The first-order valence-corrected chi connectivity index (χ1v) is 10.9. The van der Waals surface area contributed by atoms with Crippen molar-refractivity contribution >= 4 is 33.7 Å². The smallest absolute Gasteiger partial charge is 0.406 e. The Morgan fingerprint density at radius 2 is 1.79 bits per heavy atom. The number of alkyl halides is 3. The molecule has 1 saturated heterocycles. The van der Waals surface area contributed by atoms with Crippen molar-refractivity contribution in [3.8, 4) is 5.75 Å². The fourth-order valence-corrected chi connectivity index (χ4v) is 3.55. The molecular formula is C19H20F3N5O5S. The highest BCUT2D eigenvalue weighted by atomic mass is 32.2. The first kappa shape index (κ1) is 24.3. The molecule has 1 aromatic heterocycles. The summed E-state index contributed by atoms with van der Waals surface area (Å²) >= 11 is 0. The summed E-state index contributed by atoms with van der Waals surface area (Å²) in [5, 5.41) is 0. The number of rotatable bonds is 7. The molecule has 0 aliphatic carbocycles. The average molecular weight is 487 g/mol. The van der Waals surface area contributed by atoms with Crippen LogP contribution < -0.4 is 14.4 Å². The van der Waals surface area contributed by atoms with Gasteiger partial charge < -0.3 is 9.64 Å². The number of pyridine rings is 1. The molecule has 33 heavy (non-hydrogen) atoms. The zero-order valence-electron chi connectivity index (χ0n) is 17.7. The molecule has 14 heteroatoms. The zero-order valence-corrected chi connectivity index (χ0v) is 18.5. The third-order valence-electron chi connectivity index (χ3n) is 4.70. The number of urea groups is 1. The summed E-state index contributed by atoms with van der Waals surface area (Å²) in [5.41, 5.74) is 0.591. The third-order valence-corrected chi connectivity index (χ3v) is 6.13. The number of hydrogen-bond donors (Lipinski definition) is 1. The van der Waals surface area contributed by atoms with Crippen LogP contribution in [0.4, 0.5) is 29.5 Å². The van der Waals surface area contributed by atoms with E-state index in [1.165, 1.54) is 50.3 Å². The second-order valence-corrected chi connectivity index (χ2v) is 9.13. The number of amides is 3. The summed E-state index contributed by atoms with van der Waals surface area (Å²) in [5.74, 6) is -1.02. The minimum absolute atomic E-state index is 0.0310. The Morgan fingerprint density at radius 1 is 1.15 bits per heavy atom. The van der Waals surface area contributed by atoms with Gasteiger partial charge in [-0.3, -0.25) is 9.52 Å². The van der Waals surface area contributed by atoms with Gasteiger partial charge >= 0.3 is 22.6 Å². The Hall–Kier alpha value is -3.39. The quantitative estimate of drug-likeness (QED) is 0.601. The molecule has 178 valence electrons. The Bertz CT molecular complexity index is 1160. The van der Waals surface area contributed by atoms with E-state index in [-0.39, 0.29) is 18.1 Å². The van der Waals surface area contributed by atoms with Gasteiger partial charge in [0.25, 0.3) is 5.91 Å². The maximum Gasteiger partial charge on any atom is 0.573 e. The highest BCUT2D eigenvalue weighted by Gasteiger charge is 2.43. The highest BCUT2D eigenvalue weighted by molar-refractivity contribution is 7.90. The van der Waals surface area contributed by atoms with Gasteiger partial charge in [-0.1, -0.05) is 0 Å². The molecule has 1 fully saturated rings. The van der Waals surface area contributed by atoms with Gasteiger partial charge in [0.05, 0.1) is 5.69 Å². The number of benzene rings is 1. The molecule has 1 atom stereocenters. The van der Waals surface area contributed by atoms with Gasteiger partial charge in [-0.25, -0.2) is 14.7 Å². The molecular weight excluding hydrogens is 467 g/mol. The largest absolute Gasteiger partial charge is 0.573 e. The van der Waals surface area contributed by atoms with E-state index in [9.17, 15) is 31.2 Å². The van der Waals surface area contributed by atoms with Gasteiger partial charge in [-0.05, 0) is 48.9 Å². The lowest BCUT2D eigenvalue weighted by Gasteiger charge is -2.20. The zero-order chi connectivity index (χ0) is 24.6. The van der Waals surface area contributed by atoms with E-state index in [1.54, 1.807) is 6.07 Å². The number of ether oxygens (including phenoxy) is 1. The average Bonchev–Trinajstić information content (AvgIpc) is 2.91. The van der Waals surface area contributed by atoms with Crippen LogP contribution in [0, 0.1) is 0 Å². The second-order valence-electron chi connectivity index (χ2n) is 7.24. The number of nitrogens with zero attached hydrogens (tertiary/aromatic N) is 4. The van der Waals surface area contributed by atoms with E-state index in [4.69, 9.17) is 0 Å². The Balaban J connectivity index is 1.78. The lowest BCUT2D eigenvalue weighted by atomic mass is 10.2. The van der Waals surface area contributed by atoms with Crippen molar-refractivity contribution in [2.24, 2.45) is 0 Å².